The lowest BCUT2D eigenvalue weighted by molar-refractivity contribution is -0.144. The van der Waals surface area contributed by atoms with Crippen molar-refractivity contribution < 1.29 is 28.6 Å². The molecule has 2 aromatic carbocycles. The van der Waals surface area contributed by atoms with Crippen molar-refractivity contribution in [3.63, 3.8) is 0 Å². The predicted molar refractivity (Wildman–Crippen MR) is 150 cm³/mol. The molecule has 11 heteroatoms. The molecule has 3 atom stereocenters. The van der Waals surface area contributed by atoms with E-state index in [0.717, 1.165) is 24.8 Å². The normalized spacial score (nSPS) is 14.8. The maximum absolute atomic E-state index is 13.8. The van der Waals surface area contributed by atoms with Crippen LogP contribution in [0.2, 0.25) is 0 Å². The molecule has 0 bridgehead atoms. The van der Waals surface area contributed by atoms with Gasteiger partial charge in [-0.05, 0) is 74.4 Å². The molecule has 41 heavy (non-hydrogen) atoms. The molecule has 2 amide bonds. The van der Waals surface area contributed by atoms with Crippen molar-refractivity contribution >= 4 is 17.8 Å². The standard InChI is InChI=1S/C30H38FN5O5/c1-19(28(37)35-25(30(39)40)16-20-5-7-21(18-33)8-6-20)36(2)29(38)27(23-9-10-23)34-14-15-41-26-17-24(31)12-11-22(26)4-3-13-32/h5-8,11-12,17,19,23,25,27,34H,3-4,9-10,13-16,32H2,1-2H3,(H,35,37)(H,39,40)/t19-,25-,27+/m1/s1. The Kier molecular flexibility index (Phi) is 11.6. The first kappa shape index (κ1) is 31.5. The molecule has 5 N–H and O–H groups in total. The predicted octanol–water partition coefficient (Wildman–Crippen LogP) is 1.99. The third kappa shape index (κ3) is 9.27. The number of rotatable bonds is 16. The van der Waals surface area contributed by atoms with Crippen LogP contribution >= 0.6 is 0 Å². The van der Waals surface area contributed by atoms with Gasteiger partial charge in [0.05, 0.1) is 17.7 Å². The lowest BCUT2D eigenvalue weighted by Gasteiger charge is -2.29. The molecule has 0 unspecified atom stereocenters. The van der Waals surface area contributed by atoms with Crippen molar-refractivity contribution in [2.24, 2.45) is 11.7 Å². The number of carbonyl (C=O) groups excluding carboxylic acids is 2. The Hall–Kier alpha value is -4.01. The number of amides is 2. The molecule has 1 saturated carbocycles. The van der Waals surface area contributed by atoms with Crippen LogP contribution < -0.4 is 21.1 Å². The number of carboxylic acids is 1. The number of carboxylic acid groups (broad SMARTS) is 1. The number of ether oxygens (including phenoxy) is 1. The number of hydrogen-bond acceptors (Lipinski definition) is 7. The van der Waals surface area contributed by atoms with Crippen LogP contribution in [0.1, 0.15) is 42.9 Å². The summed E-state index contributed by atoms with van der Waals surface area (Å²) in [7, 11) is 1.52. The third-order valence-electron chi connectivity index (χ3n) is 7.21. The van der Waals surface area contributed by atoms with Crippen molar-refractivity contribution in [3.05, 3.63) is 65.0 Å². The molecule has 0 saturated heterocycles. The third-order valence-corrected chi connectivity index (χ3v) is 7.21. The number of nitriles is 1. The van der Waals surface area contributed by atoms with Crippen molar-refractivity contribution in [3.8, 4) is 11.8 Å². The van der Waals surface area contributed by atoms with Crippen LogP contribution in [0.3, 0.4) is 0 Å². The zero-order valence-electron chi connectivity index (χ0n) is 23.4. The van der Waals surface area contributed by atoms with Gasteiger partial charge in [0, 0.05) is 26.1 Å². The van der Waals surface area contributed by atoms with Crippen LogP contribution in [0.25, 0.3) is 0 Å². The number of carbonyl (C=O) groups is 3. The number of hydrogen-bond donors (Lipinski definition) is 4. The number of benzene rings is 2. The Morgan fingerprint density at radius 3 is 2.54 bits per heavy atom. The number of halogens is 1. The van der Waals surface area contributed by atoms with Gasteiger partial charge in [-0.15, -0.1) is 0 Å². The first-order valence-electron chi connectivity index (χ1n) is 13.8. The fourth-order valence-corrected chi connectivity index (χ4v) is 4.45. The Morgan fingerprint density at radius 1 is 1.22 bits per heavy atom. The van der Waals surface area contributed by atoms with Gasteiger partial charge in [0.15, 0.2) is 0 Å². The molecule has 10 nitrogen and oxygen atoms in total. The van der Waals surface area contributed by atoms with Crippen LogP contribution in [0.15, 0.2) is 42.5 Å². The second-order valence-corrected chi connectivity index (χ2v) is 10.3. The monoisotopic (exact) mass is 567 g/mol. The van der Waals surface area contributed by atoms with Crippen LogP contribution in [0.4, 0.5) is 4.39 Å². The minimum Gasteiger partial charge on any atom is -0.492 e. The topological polar surface area (TPSA) is 158 Å². The van der Waals surface area contributed by atoms with E-state index in [4.69, 9.17) is 15.7 Å². The molecule has 0 aliphatic heterocycles. The highest BCUT2D eigenvalue weighted by atomic mass is 19.1. The maximum Gasteiger partial charge on any atom is 0.326 e. The van der Waals surface area contributed by atoms with Crippen molar-refractivity contribution in [1.82, 2.24) is 15.5 Å². The van der Waals surface area contributed by atoms with Crippen molar-refractivity contribution in [2.75, 3.05) is 26.7 Å². The summed E-state index contributed by atoms with van der Waals surface area (Å²) < 4.78 is 19.6. The Bertz CT molecular complexity index is 1240. The molecule has 0 spiro atoms. The van der Waals surface area contributed by atoms with Gasteiger partial charge < -0.3 is 31.1 Å². The van der Waals surface area contributed by atoms with Gasteiger partial charge in [-0.3, -0.25) is 9.59 Å². The van der Waals surface area contributed by atoms with Gasteiger partial charge in [-0.1, -0.05) is 18.2 Å². The Morgan fingerprint density at radius 2 is 1.93 bits per heavy atom. The number of nitrogens with two attached hydrogens (primary N) is 1. The molecule has 2 aromatic rings. The van der Waals surface area contributed by atoms with Gasteiger partial charge >= 0.3 is 5.97 Å². The molecule has 0 heterocycles. The van der Waals surface area contributed by atoms with Crippen molar-refractivity contribution in [1.29, 1.82) is 5.26 Å². The quantitative estimate of drug-likeness (QED) is 0.224. The molecule has 220 valence electrons. The second-order valence-electron chi connectivity index (χ2n) is 10.3. The minimum atomic E-state index is -1.20. The molecule has 0 radical (unpaired) electrons. The minimum absolute atomic E-state index is 0.0304. The summed E-state index contributed by atoms with van der Waals surface area (Å²) in [5.74, 6) is -1.89. The molecule has 1 fully saturated rings. The summed E-state index contributed by atoms with van der Waals surface area (Å²) in [5, 5.41) is 24.4. The van der Waals surface area contributed by atoms with E-state index in [-0.39, 0.29) is 24.9 Å². The molecular formula is C30H38FN5O5. The fourth-order valence-electron chi connectivity index (χ4n) is 4.45. The molecule has 3 rings (SSSR count). The van der Waals surface area contributed by atoms with Crippen LogP contribution in [-0.4, -0.2) is 72.7 Å². The second kappa shape index (κ2) is 15.1. The van der Waals surface area contributed by atoms with E-state index >= 15 is 0 Å². The number of nitrogens with zero attached hydrogens (tertiary/aromatic N) is 2. The summed E-state index contributed by atoms with van der Waals surface area (Å²) in [5.41, 5.74) is 7.56. The summed E-state index contributed by atoms with van der Waals surface area (Å²) in [6.07, 6.45) is 3.20. The number of likely N-dealkylation sites (N-methyl/N-ethyl adjacent to an activating group) is 1. The van der Waals surface area contributed by atoms with E-state index in [2.05, 4.69) is 10.6 Å². The zero-order valence-corrected chi connectivity index (χ0v) is 23.4. The van der Waals surface area contributed by atoms with Crippen LogP contribution in [0.5, 0.6) is 5.75 Å². The highest BCUT2D eigenvalue weighted by Crippen LogP contribution is 2.33. The largest absolute Gasteiger partial charge is 0.492 e. The van der Waals surface area contributed by atoms with E-state index < -0.39 is 35.8 Å². The average Bonchev–Trinajstić information content (AvgIpc) is 3.81. The van der Waals surface area contributed by atoms with Gasteiger partial charge in [0.2, 0.25) is 11.8 Å². The van der Waals surface area contributed by atoms with Gasteiger partial charge in [0.1, 0.15) is 30.3 Å². The van der Waals surface area contributed by atoms with Gasteiger partial charge in [0.25, 0.3) is 0 Å². The fraction of sp³-hybridized carbons (Fsp3) is 0.467. The average molecular weight is 568 g/mol. The van der Waals surface area contributed by atoms with E-state index in [9.17, 15) is 23.9 Å². The SMILES string of the molecule is C[C@H](C(=O)N[C@H](Cc1ccc(C#N)cc1)C(=O)O)N(C)C(=O)[C@@H](NCCOc1cc(F)ccc1CCCN)C1CC1. The van der Waals surface area contributed by atoms with E-state index in [1.54, 1.807) is 37.3 Å². The number of aryl methyl sites for hydroxylation is 1. The first-order chi connectivity index (χ1) is 19.6. The summed E-state index contributed by atoms with van der Waals surface area (Å²) >= 11 is 0. The number of aliphatic carboxylic acids is 1. The van der Waals surface area contributed by atoms with E-state index in [1.807, 2.05) is 6.07 Å². The molecule has 0 aromatic heterocycles. The highest BCUT2D eigenvalue weighted by Gasteiger charge is 2.39. The molecular weight excluding hydrogens is 529 g/mol. The lowest BCUT2D eigenvalue weighted by Crippen LogP contribution is -2.55. The Balaban J connectivity index is 1.55. The molecule has 1 aliphatic rings. The molecule has 1 aliphatic carbocycles. The number of nitrogens with one attached hydrogen (secondary N) is 2. The van der Waals surface area contributed by atoms with E-state index in [0.29, 0.717) is 36.4 Å². The van der Waals surface area contributed by atoms with Crippen LogP contribution in [-0.2, 0) is 27.2 Å². The lowest BCUT2D eigenvalue weighted by atomic mass is 10.0. The van der Waals surface area contributed by atoms with Crippen molar-refractivity contribution in [2.45, 2.75) is 57.2 Å². The van der Waals surface area contributed by atoms with Gasteiger partial charge in [-0.25, -0.2) is 9.18 Å². The zero-order chi connectivity index (χ0) is 29.9. The maximum atomic E-state index is 13.8. The summed E-state index contributed by atoms with van der Waals surface area (Å²) in [6, 6.07) is 10.2. The Labute approximate surface area is 239 Å². The smallest absolute Gasteiger partial charge is 0.326 e. The summed E-state index contributed by atoms with van der Waals surface area (Å²) in [4.78, 5) is 39.5. The van der Waals surface area contributed by atoms with E-state index in [1.165, 1.54) is 24.1 Å². The van der Waals surface area contributed by atoms with Crippen LogP contribution in [0, 0.1) is 23.1 Å². The summed E-state index contributed by atoms with van der Waals surface area (Å²) in [6.45, 7) is 2.61. The first-order valence-corrected chi connectivity index (χ1v) is 13.8. The van der Waals surface area contributed by atoms with Gasteiger partial charge in [-0.2, -0.15) is 5.26 Å². The highest BCUT2D eigenvalue weighted by molar-refractivity contribution is 5.91.